The minimum atomic E-state index is 0.491. The average Bonchev–Trinajstić information content (AvgIpc) is 2.46. The van der Waals surface area contributed by atoms with Crippen LogP contribution in [0.25, 0.3) is 5.70 Å². The molecule has 0 radical (unpaired) electrons. The van der Waals surface area contributed by atoms with Crippen LogP contribution in [0.1, 0.15) is 5.69 Å². The average molecular weight is 286 g/mol. The number of pyridine rings is 1. The first kappa shape index (κ1) is 15.7. The second kappa shape index (κ2) is 8.66. The first-order valence-electron chi connectivity index (χ1n) is 5.88. The Bertz CT molecular complexity index is 544. The van der Waals surface area contributed by atoms with Crippen molar-refractivity contribution in [3.05, 3.63) is 83.8 Å². The van der Waals surface area contributed by atoms with Crippen LogP contribution in [0.4, 0.5) is 0 Å². The fourth-order valence-electron chi connectivity index (χ4n) is 1.20. The van der Waals surface area contributed by atoms with Crippen molar-refractivity contribution in [1.82, 2.24) is 10.3 Å². The highest BCUT2D eigenvalue weighted by Gasteiger charge is 1.98. The fraction of sp³-hybridized carbons (Fsp3) is 0. The molecule has 0 amide bonds. The van der Waals surface area contributed by atoms with E-state index in [1.807, 2.05) is 18.2 Å². The molecule has 1 rings (SSSR count). The van der Waals surface area contributed by atoms with Gasteiger partial charge in [0.25, 0.3) is 0 Å². The normalized spacial score (nSPS) is 12.4. The van der Waals surface area contributed by atoms with Gasteiger partial charge in [0, 0.05) is 11.6 Å². The molecule has 5 N–H and O–H groups in total. The Morgan fingerprint density at radius 3 is 2.75 bits per heavy atom. The van der Waals surface area contributed by atoms with Crippen LogP contribution in [-0.4, -0.2) is 4.98 Å². The monoisotopic (exact) mass is 286 g/mol. The molecule has 0 saturated heterocycles. The fourth-order valence-corrected chi connectivity index (χ4v) is 1.77. The quantitative estimate of drug-likeness (QED) is 0.672. The summed E-state index contributed by atoms with van der Waals surface area (Å²) in [5.41, 5.74) is 13.0. The van der Waals surface area contributed by atoms with Crippen molar-refractivity contribution in [2.24, 2.45) is 11.5 Å². The Labute approximate surface area is 123 Å². The zero-order valence-corrected chi connectivity index (χ0v) is 11.9. The first-order chi connectivity index (χ1) is 9.63. The molecule has 0 aliphatic carbocycles. The minimum absolute atomic E-state index is 0.491. The van der Waals surface area contributed by atoms with Gasteiger partial charge >= 0.3 is 0 Å². The Morgan fingerprint density at radius 1 is 1.30 bits per heavy atom. The summed E-state index contributed by atoms with van der Waals surface area (Å²) < 4.78 is 0. The van der Waals surface area contributed by atoms with Crippen LogP contribution in [-0.2, 0) is 0 Å². The molecular formula is C15H18N4S. The third-order valence-electron chi connectivity index (χ3n) is 2.10. The number of hydrogen-bond acceptors (Lipinski definition) is 5. The summed E-state index contributed by atoms with van der Waals surface area (Å²) in [5, 5.41) is 5.39. The predicted octanol–water partition coefficient (Wildman–Crippen LogP) is 2.68. The molecule has 0 bridgehead atoms. The molecular weight excluding hydrogens is 268 g/mol. The van der Waals surface area contributed by atoms with Crippen molar-refractivity contribution in [1.29, 1.82) is 0 Å². The molecule has 0 unspecified atom stereocenters. The molecule has 1 aromatic heterocycles. The predicted molar refractivity (Wildman–Crippen MR) is 87.9 cm³/mol. The van der Waals surface area contributed by atoms with Gasteiger partial charge in [0.2, 0.25) is 0 Å². The van der Waals surface area contributed by atoms with E-state index >= 15 is 0 Å². The second-order valence-corrected chi connectivity index (χ2v) is 4.66. The van der Waals surface area contributed by atoms with E-state index in [0.29, 0.717) is 16.5 Å². The summed E-state index contributed by atoms with van der Waals surface area (Å²) in [7, 11) is 0. The lowest BCUT2D eigenvalue weighted by Gasteiger charge is -2.07. The summed E-state index contributed by atoms with van der Waals surface area (Å²) in [6.45, 7) is 7.42. The molecule has 0 atom stereocenters. The van der Waals surface area contributed by atoms with E-state index in [2.05, 4.69) is 23.5 Å². The molecule has 104 valence electrons. The van der Waals surface area contributed by atoms with Gasteiger partial charge < -0.3 is 16.8 Å². The van der Waals surface area contributed by atoms with Crippen molar-refractivity contribution >= 4 is 17.5 Å². The number of allylic oxidation sites excluding steroid dienone is 4. The highest BCUT2D eigenvalue weighted by atomic mass is 32.2. The maximum Gasteiger partial charge on any atom is 0.101 e. The van der Waals surface area contributed by atoms with Gasteiger partial charge in [0.05, 0.1) is 16.4 Å². The topological polar surface area (TPSA) is 77.0 Å². The van der Waals surface area contributed by atoms with Crippen LogP contribution in [0.15, 0.2) is 78.1 Å². The third kappa shape index (κ3) is 5.97. The maximum atomic E-state index is 5.91. The smallest absolute Gasteiger partial charge is 0.101 e. The summed E-state index contributed by atoms with van der Waals surface area (Å²) in [6.07, 6.45) is 8.65. The highest BCUT2D eigenvalue weighted by molar-refractivity contribution is 8.05. The van der Waals surface area contributed by atoms with E-state index in [4.69, 9.17) is 11.5 Å². The van der Waals surface area contributed by atoms with Crippen molar-refractivity contribution in [3.8, 4) is 0 Å². The van der Waals surface area contributed by atoms with Crippen molar-refractivity contribution in [3.63, 3.8) is 0 Å². The summed E-state index contributed by atoms with van der Waals surface area (Å²) in [5.74, 6) is 0.491. The molecule has 1 aromatic rings. The number of nitrogens with one attached hydrogen (secondary N) is 1. The number of thioether (sulfide) groups is 1. The van der Waals surface area contributed by atoms with Crippen LogP contribution in [0.2, 0.25) is 0 Å². The van der Waals surface area contributed by atoms with Crippen molar-refractivity contribution in [2.45, 2.75) is 0 Å². The summed E-state index contributed by atoms with van der Waals surface area (Å²) in [6, 6.07) is 5.57. The molecule has 0 aromatic carbocycles. The van der Waals surface area contributed by atoms with Crippen LogP contribution < -0.4 is 16.8 Å². The van der Waals surface area contributed by atoms with E-state index in [1.165, 1.54) is 11.8 Å². The lowest BCUT2D eigenvalue weighted by atomic mass is 10.3. The Morgan fingerprint density at radius 2 is 2.10 bits per heavy atom. The summed E-state index contributed by atoms with van der Waals surface area (Å²) in [4.78, 5) is 4.16. The molecule has 0 saturated carbocycles. The first-order valence-corrected chi connectivity index (χ1v) is 6.76. The standard InChI is InChI=1S/C15H18N4S/c1-3-4-5-9-15(17)19-12(2)20-11-13(16)14-8-6-7-10-18-14/h3-11,19H,1-2,16-17H2/b5-4-,13-11-,15-9+. The van der Waals surface area contributed by atoms with E-state index in [0.717, 1.165) is 5.69 Å². The van der Waals surface area contributed by atoms with Gasteiger partial charge in [-0.05, 0) is 18.2 Å². The third-order valence-corrected chi connectivity index (χ3v) is 2.85. The molecule has 0 spiro atoms. The van der Waals surface area contributed by atoms with Gasteiger partial charge in [-0.1, -0.05) is 49.2 Å². The lowest BCUT2D eigenvalue weighted by Crippen LogP contribution is -2.16. The molecule has 1 heterocycles. The molecule has 0 aliphatic heterocycles. The Kier molecular flexibility index (Phi) is 6.78. The van der Waals surface area contributed by atoms with E-state index in [1.54, 1.807) is 35.9 Å². The molecule has 4 nitrogen and oxygen atoms in total. The van der Waals surface area contributed by atoms with Crippen LogP contribution in [0.3, 0.4) is 0 Å². The van der Waals surface area contributed by atoms with Gasteiger partial charge in [-0.25, -0.2) is 0 Å². The van der Waals surface area contributed by atoms with Gasteiger partial charge in [-0.2, -0.15) is 0 Å². The van der Waals surface area contributed by atoms with Crippen LogP contribution in [0.5, 0.6) is 0 Å². The number of hydrogen-bond donors (Lipinski definition) is 3. The lowest BCUT2D eigenvalue weighted by molar-refractivity contribution is 1.02. The highest BCUT2D eigenvalue weighted by Crippen LogP contribution is 2.17. The SMILES string of the molecule is C=C/C=C\C=C(/N)NC(=C)S/C=C(\N)c1ccccn1. The van der Waals surface area contributed by atoms with Gasteiger partial charge in [0.15, 0.2) is 0 Å². The number of rotatable bonds is 7. The number of aromatic nitrogens is 1. The molecule has 0 fully saturated rings. The van der Waals surface area contributed by atoms with E-state index in [9.17, 15) is 0 Å². The molecule has 0 aliphatic rings. The van der Waals surface area contributed by atoms with Gasteiger partial charge in [-0.15, -0.1) is 0 Å². The zero-order valence-electron chi connectivity index (χ0n) is 11.1. The van der Waals surface area contributed by atoms with E-state index in [-0.39, 0.29) is 0 Å². The molecule has 5 heteroatoms. The van der Waals surface area contributed by atoms with Crippen molar-refractivity contribution in [2.75, 3.05) is 0 Å². The van der Waals surface area contributed by atoms with Gasteiger partial charge in [-0.3, -0.25) is 4.98 Å². The number of nitrogens with zero attached hydrogens (tertiary/aromatic N) is 1. The van der Waals surface area contributed by atoms with Crippen molar-refractivity contribution < 1.29 is 0 Å². The van der Waals surface area contributed by atoms with Crippen LogP contribution >= 0.6 is 11.8 Å². The van der Waals surface area contributed by atoms with Crippen LogP contribution in [0, 0.1) is 0 Å². The largest absolute Gasteiger partial charge is 0.397 e. The van der Waals surface area contributed by atoms with E-state index < -0.39 is 0 Å². The Balaban J connectivity index is 2.53. The van der Waals surface area contributed by atoms with Gasteiger partial charge in [0.1, 0.15) is 5.82 Å². The second-order valence-electron chi connectivity index (χ2n) is 3.70. The Hall–Kier alpha value is -2.40. The minimum Gasteiger partial charge on any atom is -0.397 e. The zero-order chi connectivity index (χ0) is 14.8. The molecule has 20 heavy (non-hydrogen) atoms. The number of nitrogens with two attached hydrogens (primary N) is 2. The maximum absolute atomic E-state index is 5.91. The summed E-state index contributed by atoms with van der Waals surface area (Å²) >= 11 is 1.35.